The van der Waals surface area contributed by atoms with Crippen LogP contribution >= 0.6 is 0 Å². The summed E-state index contributed by atoms with van der Waals surface area (Å²) >= 11 is 0. The van der Waals surface area contributed by atoms with Gasteiger partial charge in [0.15, 0.2) is 6.61 Å². The van der Waals surface area contributed by atoms with E-state index in [2.05, 4.69) is 5.32 Å². The fourth-order valence-corrected chi connectivity index (χ4v) is 5.73. The summed E-state index contributed by atoms with van der Waals surface area (Å²) in [7, 11) is 1.60. The summed E-state index contributed by atoms with van der Waals surface area (Å²) in [6.07, 6.45) is 4.79. The van der Waals surface area contributed by atoms with Gasteiger partial charge in [-0.15, -0.1) is 0 Å². The molecule has 0 aliphatic heterocycles. The fourth-order valence-electron chi connectivity index (χ4n) is 5.73. The Labute approximate surface area is 159 Å². The molecule has 1 aromatic carbocycles. The molecule has 2 N–H and O–H groups in total. The summed E-state index contributed by atoms with van der Waals surface area (Å²) in [4.78, 5) is 24.8. The molecule has 5 rings (SSSR count). The van der Waals surface area contributed by atoms with Crippen molar-refractivity contribution in [2.75, 3.05) is 13.7 Å². The molecular weight excluding hydrogens is 346 g/mol. The van der Waals surface area contributed by atoms with Gasteiger partial charge in [0.05, 0.1) is 18.1 Å². The number of aliphatic hydroxyl groups is 1. The molecule has 0 heterocycles. The van der Waals surface area contributed by atoms with Gasteiger partial charge in [-0.3, -0.25) is 9.59 Å². The molecule has 146 valence electrons. The third-order valence-electron chi connectivity index (χ3n) is 6.45. The first-order valence-corrected chi connectivity index (χ1v) is 9.69. The van der Waals surface area contributed by atoms with Crippen molar-refractivity contribution in [2.45, 2.75) is 50.7 Å². The molecule has 6 heteroatoms. The first-order chi connectivity index (χ1) is 12.9. The maximum atomic E-state index is 12.8. The van der Waals surface area contributed by atoms with E-state index in [-0.39, 0.29) is 18.5 Å². The normalized spacial score (nSPS) is 33.6. The van der Waals surface area contributed by atoms with Gasteiger partial charge in [-0.1, -0.05) is 12.1 Å². The van der Waals surface area contributed by atoms with Gasteiger partial charge in [0.2, 0.25) is 0 Å². The van der Waals surface area contributed by atoms with E-state index in [1.807, 2.05) is 24.3 Å². The highest BCUT2D eigenvalue weighted by molar-refractivity contribution is 5.83. The van der Waals surface area contributed by atoms with Crippen LogP contribution in [0.3, 0.4) is 0 Å². The lowest BCUT2D eigenvalue weighted by atomic mass is 9.48. The number of nitrogens with one attached hydrogen (secondary N) is 1. The highest BCUT2D eigenvalue weighted by Gasteiger charge is 2.60. The zero-order chi connectivity index (χ0) is 19.1. The Balaban J connectivity index is 1.28. The largest absolute Gasteiger partial charge is 0.497 e. The minimum Gasteiger partial charge on any atom is -0.497 e. The van der Waals surface area contributed by atoms with Gasteiger partial charge < -0.3 is 19.9 Å². The number of carbonyl (C=O) groups is 2. The molecule has 6 nitrogen and oxygen atoms in total. The predicted octanol–water partition coefficient (Wildman–Crippen LogP) is 2.19. The zero-order valence-corrected chi connectivity index (χ0v) is 15.7. The Kier molecular flexibility index (Phi) is 4.62. The molecule has 4 atom stereocenters. The van der Waals surface area contributed by atoms with Crippen molar-refractivity contribution in [3.63, 3.8) is 0 Å². The van der Waals surface area contributed by atoms with E-state index in [4.69, 9.17) is 9.47 Å². The van der Waals surface area contributed by atoms with Crippen molar-refractivity contribution in [2.24, 2.45) is 17.3 Å². The summed E-state index contributed by atoms with van der Waals surface area (Å²) < 4.78 is 10.5. The molecular formula is C21H27NO5. The SMILES string of the molecule is COc1ccc(CNC(=O)COC(=O)C23C[C@@H]4C[C@@H](CC(O)(C4)C2)C3)cc1. The van der Waals surface area contributed by atoms with Crippen LogP contribution in [0.4, 0.5) is 0 Å². The molecule has 4 bridgehead atoms. The van der Waals surface area contributed by atoms with E-state index in [9.17, 15) is 14.7 Å². The third-order valence-corrected chi connectivity index (χ3v) is 6.45. The number of methoxy groups -OCH3 is 1. The summed E-state index contributed by atoms with van der Waals surface area (Å²) in [5, 5.41) is 13.5. The van der Waals surface area contributed by atoms with Crippen LogP contribution in [0.2, 0.25) is 0 Å². The lowest BCUT2D eigenvalue weighted by molar-refractivity contribution is -0.196. The number of benzene rings is 1. The smallest absolute Gasteiger partial charge is 0.312 e. The van der Waals surface area contributed by atoms with Crippen molar-refractivity contribution in [1.82, 2.24) is 5.32 Å². The van der Waals surface area contributed by atoms with Crippen LogP contribution in [0.25, 0.3) is 0 Å². The lowest BCUT2D eigenvalue weighted by Gasteiger charge is -2.58. The van der Waals surface area contributed by atoms with Crippen LogP contribution in [-0.4, -0.2) is 36.3 Å². The maximum absolute atomic E-state index is 12.8. The Bertz CT molecular complexity index is 715. The van der Waals surface area contributed by atoms with E-state index < -0.39 is 11.0 Å². The molecule has 4 fully saturated rings. The van der Waals surface area contributed by atoms with Gasteiger partial charge in [-0.05, 0) is 68.1 Å². The van der Waals surface area contributed by atoms with Crippen molar-refractivity contribution >= 4 is 11.9 Å². The highest BCUT2D eigenvalue weighted by Crippen LogP contribution is 2.61. The Morgan fingerprint density at radius 2 is 1.81 bits per heavy atom. The maximum Gasteiger partial charge on any atom is 0.312 e. The predicted molar refractivity (Wildman–Crippen MR) is 97.9 cm³/mol. The van der Waals surface area contributed by atoms with Crippen molar-refractivity contribution in [3.05, 3.63) is 29.8 Å². The molecule has 0 saturated heterocycles. The highest BCUT2D eigenvalue weighted by atomic mass is 16.5. The van der Waals surface area contributed by atoms with Gasteiger partial charge in [0.25, 0.3) is 5.91 Å². The standard InChI is InChI=1S/C21H27NO5/c1-26-17-4-2-14(3-5-17)11-22-18(23)12-27-19(24)20-7-15-6-16(8-20)10-21(25,9-15)13-20/h2-5,15-16,25H,6-13H2,1H3,(H,22,23)/t15-,16+,20?,21?. The molecule has 2 unspecified atom stereocenters. The van der Waals surface area contributed by atoms with Crippen LogP contribution in [-0.2, 0) is 20.9 Å². The number of hydrogen-bond acceptors (Lipinski definition) is 5. The van der Waals surface area contributed by atoms with Gasteiger partial charge in [0.1, 0.15) is 5.75 Å². The van der Waals surface area contributed by atoms with Crippen LogP contribution < -0.4 is 10.1 Å². The van der Waals surface area contributed by atoms with Crippen LogP contribution in [0.15, 0.2) is 24.3 Å². The Morgan fingerprint density at radius 3 is 2.41 bits per heavy atom. The Morgan fingerprint density at radius 1 is 1.15 bits per heavy atom. The monoisotopic (exact) mass is 373 g/mol. The minimum absolute atomic E-state index is 0.273. The summed E-state index contributed by atoms with van der Waals surface area (Å²) in [5.41, 5.74) is -0.353. The first-order valence-electron chi connectivity index (χ1n) is 9.69. The van der Waals surface area contributed by atoms with Crippen molar-refractivity contribution in [1.29, 1.82) is 0 Å². The van der Waals surface area contributed by atoms with Crippen LogP contribution in [0, 0.1) is 17.3 Å². The molecule has 4 saturated carbocycles. The number of ether oxygens (including phenoxy) is 2. The molecule has 1 amide bonds. The second-order valence-corrected chi connectivity index (χ2v) is 8.67. The number of hydrogen-bond donors (Lipinski definition) is 2. The van der Waals surface area contributed by atoms with E-state index in [0.29, 0.717) is 24.8 Å². The number of carbonyl (C=O) groups excluding carboxylic acids is 2. The number of esters is 1. The molecule has 27 heavy (non-hydrogen) atoms. The van der Waals surface area contributed by atoms with E-state index >= 15 is 0 Å². The van der Waals surface area contributed by atoms with E-state index in [0.717, 1.165) is 43.4 Å². The molecule has 0 radical (unpaired) electrons. The second kappa shape index (κ2) is 6.82. The summed E-state index contributed by atoms with van der Waals surface area (Å²) in [5.74, 6) is 0.953. The summed E-state index contributed by atoms with van der Waals surface area (Å²) in [6.45, 7) is 0.0971. The van der Waals surface area contributed by atoms with Crippen molar-refractivity contribution in [3.8, 4) is 5.75 Å². The molecule has 1 aromatic rings. The Hall–Kier alpha value is -2.08. The quantitative estimate of drug-likeness (QED) is 0.747. The van der Waals surface area contributed by atoms with Crippen LogP contribution in [0.5, 0.6) is 5.75 Å². The van der Waals surface area contributed by atoms with Crippen molar-refractivity contribution < 1.29 is 24.2 Å². The molecule has 4 aliphatic carbocycles. The van der Waals surface area contributed by atoms with E-state index in [1.165, 1.54) is 0 Å². The summed E-state index contributed by atoms with van der Waals surface area (Å²) in [6, 6.07) is 7.42. The molecule has 0 spiro atoms. The fraction of sp³-hybridized carbons (Fsp3) is 0.619. The zero-order valence-electron chi connectivity index (χ0n) is 15.7. The van der Waals surface area contributed by atoms with Gasteiger partial charge >= 0.3 is 5.97 Å². The number of amides is 1. The van der Waals surface area contributed by atoms with Gasteiger partial charge in [-0.25, -0.2) is 0 Å². The lowest BCUT2D eigenvalue weighted by Crippen LogP contribution is -2.58. The second-order valence-electron chi connectivity index (χ2n) is 8.67. The van der Waals surface area contributed by atoms with Gasteiger partial charge in [-0.2, -0.15) is 0 Å². The first kappa shape index (κ1) is 18.3. The van der Waals surface area contributed by atoms with Gasteiger partial charge in [0, 0.05) is 6.54 Å². The number of rotatable bonds is 6. The molecule has 4 aliphatic rings. The van der Waals surface area contributed by atoms with Crippen LogP contribution in [0.1, 0.15) is 44.1 Å². The average molecular weight is 373 g/mol. The third kappa shape index (κ3) is 3.68. The van der Waals surface area contributed by atoms with E-state index in [1.54, 1.807) is 7.11 Å². The average Bonchev–Trinajstić information content (AvgIpc) is 2.62. The molecule has 0 aromatic heterocycles. The topological polar surface area (TPSA) is 84.9 Å². The minimum atomic E-state index is -0.709.